The highest BCUT2D eigenvalue weighted by Gasteiger charge is 2.48. The lowest BCUT2D eigenvalue weighted by Gasteiger charge is -2.41. The second-order valence-corrected chi connectivity index (χ2v) is 5.24. The number of halogens is 3. The standard InChI is InChI=1S/C15H18F3N3/c1-10(2)14-20-12(11-7-5-4-6-8-11)9-13(15(16,17)18)21(14)19-3/h4-8,12-13,20H,3,9H2,1-2H3. The number of alkyl halides is 3. The van der Waals surface area contributed by atoms with Gasteiger partial charge < -0.3 is 5.32 Å². The largest absolute Gasteiger partial charge is 0.410 e. The monoisotopic (exact) mass is 297 g/mol. The van der Waals surface area contributed by atoms with Crippen molar-refractivity contribution in [2.24, 2.45) is 5.10 Å². The maximum atomic E-state index is 13.3. The van der Waals surface area contributed by atoms with Gasteiger partial charge in [0.1, 0.15) is 5.82 Å². The minimum absolute atomic E-state index is 0.108. The number of hydrogen-bond acceptors (Lipinski definition) is 3. The second-order valence-electron chi connectivity index (χ2n) is 5.24. The van der Waals surface area contributed by atoms with E-state index in [1.807, 2.05) is 30.3 Å². The lowest BCUT2D eigenvalue weighted by atomic mass is 9.95. The van der Waals surface area contributed by atoms with Crippen molar-refractivity contribution in [2.45, 2.75) is 38.5 Å². The van der Waals surface area contributed by atoms with E-state index < -0.39 is 18.3 Å². The Balaban J connectivity index is 2.41. The third-order valence-corrected chi connectivity index (χ3v) is 3.50. The van der Waals surface area contributed by atoms with Crippen LogP contribution in [-0.4, -0.2) is 23.9 Å². The fourth-order valence-electron chi connectivity index (χ4n) is 2.49. The Morgan fingerprint density at radius 3 is 2.38 bits per heavy atom. The van der Waals surface area contributed by atoms with Gasteiger partial charge in [0, 0.05) is 13.1 Å². The predicted octanol–water partition coefficient (Wildman–Crippen LogP) is 3.82. The molecular weight excluding hydrogens is 279 g/mol. The lowest BCUT2D eigenvalue weighted by molar-refractivity contribution is -0.188. The fourth-order valence-corrected chi connectivity index (χ4v) is 2.49. The van der Waals surface area contributed by atoms with Crippen LogP contribution in [0.4, 0.5) is 13.2 Å². The van der Waals surface area contributed by atoms with E-state index in [1.165, 1.54) is 0 Å². The van der Waals surface area contributed by atoms with E-state index in [1.54, 1.807) is 13.8 Å². The van der Waals surface area contributed by atoms with Gasteiger partial charge >= 0.3 is 6.18 Å². The number of benzene rings is 1. The number of allylic oxidation sites excluding steroid dienone is 1. The molecule has 1 heterocycles. The van der Waals surface area contributed by atoms with Crippen LogP contribution in [0.1, 0.15) is 31.9 Å². The van der Waals surface area contributed by atoms with Gasteiger partial charge in [-0.3, -0.25) is 0 Å². The normalized spacial score (nSPS) is 22.7. The summed E-state index contributed by atoms with van der Waals surface area (Å²) < 4.78 is 40.0. The van der Waals surface area contributed by atoms with E-state index >= 15 is 0 Å². The molecule has 1 aliphatic rings. The number of nitrogens with zero attached hydrogens (tertiary/aromatic N) is 2. The first-order valence-electron chi connectivity index (χ1n) is 6.66. The summed E-state index contributed by atoms with van der Waals surface area (Å²) in [5, 5.41) is 7.65. The van der Waals surface area contributed by atoms with Gasteiger partial charge in [-0.2, -0.15) is 18.3 Å². The third-order valence-electron chi connectivity index (χ3n) is 3.50. The third kappa shape index (κ3) is 3.20. The maximum Gasteiger partial charge on any atom is 0.410 e. The zero-order valence-electron chi connectivity index (χ0n) is 12.0. The first kappa shape index (κ1) is 15.4. The summed E-state index contributed by atoms with van der Waals surface area (Å²) in [5.74, 6) is 0.368. The van der Waals surface area contributed by atoms with Crippen LogP contribution < -0.4 is 5.32 Å². The maximum absolute atomic E-state index is 13.3. The molecule has 0 amide bonds. The molecule has 2 rings (SSSR count). The quantitative estimate of drug-likeness (QED) is 0.840. The van der Waals surface area contributed by atoms with Crippen LogP contribution in [0.3, 0.4) is 0 Å². The first-order valence-corrected chi connectivity index (χ1v) is 6.66. The molecule has 1 saturated heterocycles. The Kier molecular flexibility index (Phi) is 4.25. The minimum atomic E-state index is -4.36. The topological polar surface area (TPSA) is 27.6 Å². The lowest BCUT2D eigenvalue weighted by Crippen LogP contribution is -2.52. The Morgan fingerprint density at radius 1 is 1.29 bits per heavy atom. The van der Waals surface area contributed by atoms with Crippen molar-refractivity contribution in [1.29, 1.82) is 0 Å². The van der Waals surface area contributed by atoms with E-state index in [-0.39, 0.29) is 6.42 Å². The minimum Gasteiger partial charge on any atom is -0.363 e. The highest BCUT2D eigenvalue weighted by atomic mass is 19.4. The van der Waals surface area contributed by atoms with Crippen LogP contribution in [-0.2, 0) is 0 Å². The molecule has 0 saturated carbocycles. The molecule has 6 heteroatoms. The summed E-state index contributed by atoms with van der Waals surface area (Å²) in [5.41, 5.74) is 1.56. The predicted molar refractivity (Wildman–Crippen MR) is 76.5 cm³/mol. The zero-order chi connectivity index (χ0) is 15.6. The van der Waals surface area contributed by atoms with Gasteiger partial charge in [-0.15, -0.1) is 0 Å². The number of nitrogens with one attached hydrogen (secondary N) is 1. The Bertz CT molecular complexity index is 533. The summed E-state index contributed by atoms with van der Waals surface area (Å²) in [4.78, 5) is 0. The highest BCUT2D eigenvalue weighted by molar-refractivity contribution is 5.27. The fraction of sp³-hybridized carbons (Fsp3) is 0.400. The van der Waals surface area contributed by atoms with Crippen LogP contribution in [0.2, 0.25) is 0 Å². The molecule has 1 aromatic carbocycles. The van der Waals surface area contributed by atoms with Crippen molar-refractivity contribution < 1.29 is 13.2 Å². The summed E-state index contributed by atoms with van der Waals surface area (Å²) in [6, 6.07) is 7.05. The first-order chi connectivity index (χ1) is 9.84. The molecule has 1 N–H and O–H groups in total. The average molecular weight is 297 g/mol. The average Bonchev–Trinajstić information content (AvgIpc) is 2.45. The molecule has 1 fully saturated rings. The number of rotatable bonds is 2. The van der Waals surface area contributed by atoms with Crippen molar-refractivity contribution in [3.8, 4) is 0 Å². The van der Waals surface area contributed by atoms with Crippen molar-refractivity contribution in [3.63, 3.8) is 0 Å². The Labute approximate surface area is 122 Å². The Hall–Kier alpha value is -1.98. The molecule has 1 aliphatic heterocycles. The summed E-state index contributed by atoms with van der Waals surface area (Å²) in [6.45, 7) is 6.78. The van der Waals surface area contributed by atoms with Gasteiger partial charge in [-0.1, -0.05) is 30.3 Å². The van der Waals surface area contributed by atoms with Crippen molar-refractivity contribution >= 4 is 6.72 Å². The number of hydrogen-bond donors (Lipinski definition) is 1. The molecule has 0 aromatic heterocycles. The van der Waals surface area contributed by atoms with Crippen LogP contribution in [0.15, 0.2) is 46.8 Å². The van der Waals surface area contributed by atoms with Gasteiger partial charge in [0.15, 0.2) is 6.04 Å². The van der Waals surface area contributed by atoms with Crippen LogP contribution in [0, 0.1) is 0 Å². The van der Waals surface area contributed by atoms with E-state index in [2.05, 4.69) is 17.1 Å². The van der Waals surface area contributed by atoms with Gasteiger partial charge in [-0.05, 0) is 25.0 Å². The van der Waals surface area contributed by atoms with Crippen molar-refractivity contribution in [2.75, 3.05) is 0 Å². The van der Waals surface area contributed by atoms with Crippen LogP contribution in [0.25, 0.3) is 0 Å². The molecule has 2 atom stereocenters. The smallest absolute Gasteiger partial charge is 0.363 e. The van der Waals surface area contributed by atoms with Crippen LogP contribution >= 0.6 is 0 Å². The van der Waals surface area contributed by atoms with E-state index in [0.717, 1.165) is 16.1 Å². The van der Waals surface area contributed by atoms with Gasteiger partial charge in [0.2, 0.25) is 0 Å². The van der Waals surface area contributed by atoms with Gasteiger partial charge in [0.05, 0.1) is 6.04 Å². The highest BCUT2D eigenvalue weighted by Crippen LogP contribution is 2.38. The van der Waals surface area contributed by atoms with Crippen molar-refractivity contribution in [3.05, 3.63) is 47.3 Å². The summed E-state index contributed by atoms with van der Waals surface area (Å²) >= 11 is 0. The van der Waals surface area contributed by atoms with Gasteiger partial charge in [0.25, 0.3) is 0 Å². The molecule has 0 radical (unpaired) electrons. The molecule has 3 nitrogen and oxygen atoms in total. The molecule has 21 heavy (non-hydrogen) atoms. The molecule has 1 aromatic rings. The molecule has 0 spiro atoms. The van der Waals surface area contributed by atoms with Crippen molar-refractivity contribution in [1.82, 2.24) is 10.3 Å². The van der Waals surface area contributed by atoms with Gasteiger partial charge in [-0.25, -0.2) is 5.01 Å². The zero-order valence-corrected chi connectivity index (χ0v) is 12.0. The summed E-state index contributed by atoms with van der Waals surface area (Å²) in [6.07, 6.45) is -4.47. The van der Waals surface area contributed by atoms with E-state index in [0.29, 0.717) is 5.82 Å². The second kappa shape index (κ2) is 5.79. The molecule has 2 unspecified atom stereocenters. The molecule has 0 bridgehead atoms. The summed E-state index contributed by atoms with van der Waals surface area (Å²) in [7, 11) is 0. The molecule has 114 valence electrons. The molecule has 0 aliphatic carbocycles. The SMILES string of the molecule is C=NN1C(=C(C)C)NC(c2ccccc2)CC1C(F)(F)F. The van der Waals surface area contributed by atoms with E-state index in [4.69, 9.17) is 0 Å². The van der Waals surface area contributed by atoms with E-state index in [9.17, 15) is 13.2 Å². The van der Waals surface area contributed by atoms with Crippen LogP contribution in [0.5, 0.6) is 0 Å². The molecular formula is C15H18F3N3. The Morgan fingerprint density at radius 2 is 1.90 bits per heavy atom. The number of hydrazone groups is 1.